The molecule has 0 fully saturated rings. The summed E-state index contributed by atoms with van der Waals surface area (Å²) in [6.07, 6.45) is 7.25. The van der Waals surface area contributed by atoms with Crippen molar-refractivity contribution >= 4 is 8.32 Å². The number of hydrogen-bond acceptors (Lipinski definition) is 2. The van der Waals surface area contributed by atoms with Crippen LogP contribution in [0.15, 0.2) is 24.0 Å². The second-order valence-corrected chi connectivity index (χ2v) is 10.6. The third-order valence-electron chi connectivity index (χ3n) is 3.46. The van der Waals surface area contributed by atoms with E-state index < -0.39 is 8.32 Å². The van der Waals surface area contributed by atoms with Crippen LogP contribution in [0.1, 0.15) is 27.2 Å². The van der Waals surface area contributed by atoms with E-state index in [-0.39, 0.29) is 11.1 Å². The molecule has 0 aliphatic heterocycles. The second-order valence-electron chi connectivity index (χ2n) is 5.83. The molecule has 92 valence electrons. The zero-order valence-corrected chi connectivity index (χ0v) is 12.3. The minimum Gasteiger partial charge on any atom is -0.546 e. The second kappa shape index (κ2) is 4.76. The van der Waals surface area contributed by atoms with E-state index in [9.17, 15) is 0 Å². The number of allylic oxidation sites excluding steroid dienone is 1. The number of rotatable bonds is 3. The molecule has 1 aliphatic rings. The lowest BCUT2D eigenvalue weighted by Gasteiger charge is -2.37. The first kappa shape index (κ1) is 13.5. The van der Waals surface area contributed by atoms with Crippen LogP contribution < -0.4 is 0 Å². The van der Waals surface area contributed by atoms with Crippen molar-refractivity contribution in [2.75, 3.05) is 7.11 Å². The topological polar surface area (TPSA) is 18.5 Å². The summed E-state index contributed by atoms with van der Waals surface area (Å²) in [4.78, 5) is 0. The van der Waals surface area contributed by atoms with Crippen LogP contribution in [0.3, 0.4) is 0 Å². The number of methoxy groups -OCH3 is 1. The first-order chi connectivity index (χ1) is 7.26. The lowest BCUT2D eigenvalue weighted by molar-refractivity contribution is 0.171. The van der Waals surface area contributed by atoms with Gasteiger partial charge in [0.1, 0.15) is 0 Å². The van der Waals surface area contributed by atoms with Gasteiger partial charge < -0.3 is 9.16 Å². The summed E-state index contributed by atoms with van der Waals surface area (Å²) < 4.78 is 11.5. The molecule has 1 aliphatic carbocycles. The van der Waals surface area contributed by atoms with E-state index >= 15 is 0 Å². The fraction of sp³-hybridized carbons (Fsp3) is 0.692. The predicted molar refractivity (Wildman–Crippen MR) is 70.9 cm³/mol. The van der Waals surface area contributed by atoms with Crippen molar-refractivity contribution in [3.63, 3.8) is 0 Å². The maximum absolute atomic E-state index is 6.24. The molecule has 0 aromatic heterocycles. The van der Waals surface area contributed by atoms with Crippen LogP contribution in [0.5, 0.6) is 0 Å². The van der Waals surface area contributed by atoms with Gasteiger partial charge in [-0.15, -0.1) is 0 Å². The fourth-order valence-corrected chi connectivity index (χ4v) is 2.44. The molecule has 3 heteroatoms. The Morgan fingerprint density at radius 1 is 1.31 bits per heavy atom. The summed E-state index contributed by atoms with van der Waals surface area (Å²) >= 11 is 0. The van der Waals surface area contributed by atoms with Crippen molar-refractivity contribution in [3.8, 4) is 0 Å². The molecule has 0 aromatic rings. The Bertz CT molecular complexity index is 298. The quantitative estimate of drug-likeness (QED) is 0.551. The SMILES string of the molecule is COC1C=CCC(O[Si](C)(C)C(C)(C)C)=C1. The van der Waals surface area contributed by atoms with Gasteiger partial charge in [-0.05, 0) is 24.2 Å². The molecule has 2 nitrogen and oxygen atoms in total. The molecule has 0 amide bonds. The summed E-state index contributed by atoms with van der Waals surface area (Å²) in [6, 6.07) is 0. The highest BCUT2D eigenvalue weighted by atomic mass is 28.4. The molecule has 0 spiro atoms. The maximum Gasteiger partial charge on any atom is 0.250 e. The Hall–Kier alpha value is -0.543. The molecule has 0 N–H and O–H groups in total. The Kier molecular flexibility index (Phi) is 4.02. The van der Waals surface area contributed by atoms with Crippen LogP contribution in [-0.4, -0.2) is 21.5 Å². The molecule has 0 radical (unpaired) electrons. The van der Waals surface area contributed by atoms with Crippen molar-refractivity contribution in [2.45, 2.75) is 51.4 Å². The molecule has 16 heavy (non-hydrogen) atoms. The van der Waals surface area contributed by atoms with Gasteiger partial charge in [-0.1, -0.05) is 32.9 Å². The zero-order chi connectivity index (χ0) is 12.4. The minimum absolute atomic E-state index is 0.0773. The van der Waals surface area contributed by atoms with Gasteiger partial charge in [0.15, 0.2) is 0 Å². The third-order valence-corrected chi connectivity index (χ3v) is 7.84. The van der Waals surface area contributed by atoms with Crippen molar-refractivity contribution in [1.29, 1.82) is 0 Å². The summed E-state index contributed by atoms with van der Waals surface area (Å²) in [5.41, 5.74) is 0. The minimum atomic E-state index is -1.69. The van der Waals surface area contributed by atoms with Crippen molar-refractivity contribution in [2.24, 2.45) is 0 Å². The lowest BCUT2D eigenvalue weighted by Crippen LogP contribution is -2.40. The molecular formula is C13H24O2Si. The van der Waals surface area contributed by atoms with Gasteiger partial charge in [-0.2, -0.15) is 0 Å². The van der Waals surface area contributed by atoms with Gasteiger partial charge in [0.2, 0.25) is 8.32 Å². The van der Waals surface area contributed by atoms with E-state index in [1.54, 1.807) is 7.11 Å². The predicted octanol–water partition coefficient (Wildman–Crippen LogP) is 3.87. The highest BCUT2D eigenvalue weighted by Crippen LogP contribution is 2.38. The Morgan fingerprint density at radius 3 is 2.44 bits per heavy atom. The Labute approximate surface area is 100 Å². The highest BCUT2D eigenvalue weighted by molar-refractivity contribution is 6.74. The number of hydrogen-bond donors (Lipinski definition) is 0. The van der Waals surface area contributed by atoms with Gasteiger partial charge in [0.05, 0.1) is 11.9 Å². The van der Waals surface area contributed by atoms with E-state index in [4.69, 9.17) is 9.16 Å². The standard InChI is InChI=1S/C13H24O2Si/c1-13(2,3)16(5,6)15-12-9-7-8-11(10-12)14-4/h7-8,10-11H,9H2,1-6H3. The summed E-state index contributed by atoms with van der Waals surface area (Å²) in [5.74, 6) is 1.07. The Morgan fingerprint density at radius 2 is 1.94 bits per heavy atom. The molecular weight excluding hydrogens is 216 g/mol. The first-order valence-electron chi connectivity index (χ1n) is 5.85. The molecule has 0 aromatic carbocycles. The van der Waals surface area contributed by atoms with Crippen LogP contribution in [0, 0.1) is 0 Å². The van der Waals surface area contributed by atoms with Crippen LogP contribution in [0.25, 0.3) is 0 Å². The van der Waals surface area contributed by atoms with Gasteiger partial charge in [0, 0.05) is 13.5 Å². The molecule has 1 atom stereocenters. The molecule has 1 unspecified atom stereocenters. The van der Waals surface area contributed by atoms with E-state index in [0.29, 0.717) is 0 Å². The highest BCUT2D eigenvalue weighted by Gasteiger charge is 2.39. The summed E-state index contributed by atoms with van der Waals surface area (Å²) in [7, 11) is 0.0306. The summed E-state index contributed by atoms with van der Waals surface area (Å²) in [5, 5.41) is 0.248. The van der Waals surface area contributed by atoms with Crippen molar-refractivity contribution in [3.05, 3.63) is 24.0 Å². The normalized spacial score (nSPS) is 21.9. The van der Waals surface area contributed by atoms with E-state index in [1.165, 1.54) is 0 Å². The number of ether oxygens (including phenoxy) is 1. The van der Waals surface area contributed by atoms with Gasteiger partial charge >= 0.3 is 0 Å². The van der Waals surface area contributed by atoms with Crippen molar-refractivity contribution in [1.82, 2.24) is 0 Å². The first-order valence-corrected chi connectivity index (χ1v) is 8.76. The van der Waals surface area contributed by atoms with Crippen LogP contribution in [0.2, 0.25) is 18.1 Å². The van der Waals surface area contributed by atoms with E-state index in [1.807, 2.05) is 0 Å². The lowest BCUT2D eigenvalue weighted by atomic mass is 10.1. The average Bonchev–Trinajstić information content (AvgIpc) is 2.15. The van der Waals surface area contributed by atoms with Gasteiger partial charge in [0.25, 0.3) is 0 Å². The van der Waals surface area contributed by atoms with Gasteiger partial charge in [-0.25, -0.2) is 0 Å². The van der Waals surface area contributed by atoms with Crippen LogP contribution in [0.4, 0.5) is 0 Å². The van der Waals surface area contributed by atoms with Crippen LogP contribution >= 0.6 is 0 Å². The average molecular weight is 240 g/mol. The summed E-state index contributed by atoms with van der Waals surface area (Å²) in [6.45, 7) is 11.3. The molecule has 0 heterocycles. The molecule has 1 rings (SSSR count). The zero-order valence-electron chi connectivity index (χ0n) is 11.3. The van der Waals surface area contributed by atoms with Crippen LogP contribution in [-0.2, 0) is 9.16 Å². The molecule has 0 bridgehead atoms. The van der Waals surface area contributed by atoms with Crippen molar-refractivity contribution < 1.29 is 9.16 Å². The Balaban J connectivity index is 2.71. The smallest absolute Gasteiger partial charge is 0.250 e. The maximum atomic E-state index is 6.24. The van der Waals surface area contributed by atoms with Gasteiger partial charge in [-0.3, -0.25) is 0 Å². The monoisotopic (exact) mass is 240 g/mol. The molecule has 0 saturated heterocycles. The fourth-order valence-electron chi connectivity index (χ4n) is 1.33. The third kappa shape index (κ3) is 3.22. The van der Waals surface area contributed by atoms with E-state index in [2.05, 4.69) is 52.1 Å². The largest absolute Gasteiger partial charge is 0.546 e. The molecule has 0 saturated carbocycles. The van der Waals surface area contributed by atoms with E-state index in [0.717, 1.165) is 12.2 Å².